The Morgan fingerprint density at radius 3 is 2.00 bits per heavy atom. The van der Waals surface area contributed by atoms with Crippen molar-refractivity contribution in [3.63, 3.8) is 0 Å². The van der Waals surface area contributed by atoms with Gasteiger partial charge in [-0.05, 0) is 62.7 Å². The number of hydrogen-bond donors (Lipinski definition) is 1. The summed E-state index contributed by atoms with van der Waals surface area (Å²) in [6.07, 6.45) is 7.13. The van der Waals surface area contributed by atoms with Crippen molar-refractivity contribution in [2.45, 2.75) is 57.9 Å². The second-order valence-electron chi connectivity index (χ2n) is 6.95. The first-order valence-electron chi connectivity index (χ1n) is 7.54. The van der Waals surface area contributed by atoms with E-state index >= 15 is 0 Å². The Balaban J connectivity index is 1.74. The molecule has 19 heavy (non-hydrogen) atoms. The third-order valence-electron chi connectivity index (χ3n) is 5.52. The van der Waals surface area contributed by atoms with E-state index in [9.17, 15) is 14.7 Å². The maximum atomic E-state index is 12.6. The van der Waals surface area contributed by atoms with E-state index in [4.69, 9.17) is 0 Å². The van der Waals surface area contributed by atoms with Crippen LogP contribution in [-0.4, -0.2) is 17.9 Å². The van der Waals surface area contributed by atoms with Crippen LogP contribution in [0.4, 0.5) is 0 Å². The Bertz CT molecular complexity index is 369. The predicted octanol–water partition coefficient (Wildman–Crippen LogP) is 0.847. The molecule has 4 rings (SSSR count). The molecule has 4 saturated carbocycles. The number of carbonyl (C=O) groups excluding carboxylic acids is 2. The zero-order chi connectivity index (χ0) is 13.6. The van der Waals surface area contributed by atoms with Crippen LogP contribution in [0.2, 0.25) is 0 Å². The summed E-state index contributed by atoms with van der Waals surface area (Å²) < 4.78 is 0. The summed E-state index contributed by atoms with van der Waals surface area (Å²) in [4.78, 5) is 23.5. The van der Waals surface area contributed by atoms with E-state index in [1.54, 1.807) is 6.92 Å². The van der Waals surface area contributed by atoms with Gasteiger partial charge in [0.05, 0.1) is 12.0 Å². The Morgan fingerprint density at radius 1 is 1.16 bits per heavy atom. The Labute approximate surface area is 113 Å². The molecule has 4 nitrogen and oxygen atoms in total. The number of aliphatic carboxylic acids is 1. The molecule has 0 saturated heterocycles. The molecule has 0 aromatic heterocycles. The van der Waals surface area contributed by atoms with Gasteiger partial charge in [-0.3, -0.25) is 4.79 Å². The van der Waals surface area contributed by atoms with Crippen molar-refractivity contribution in [1.29, 1.82) is 0 Å². The molecule has 0 spiro atoms. The van der Waals surface area contributed by atoms with Gasteiger partial charge in [0.25, 0.3) is 0 Å². The normalized spacial score (nSPS) is 41.0. The van der Waals surface area contributed by atoms with Gasteiger partial charge in [0.15, 0.2) is 0 Å². The number of nitrogens with one attached hydrogen (secondary N) is 1. The molecule has 1 amide bonds. The number of rotatable bonds is 4. The Morgan fingerprint density at radius 2 is 1.63 bits per heavy atom. The number of hydrogen-bond acceptors (Lipinski definition) is 3. The Kier molecular flexibility index (Phi) is 3.06. The molecule has 106 valence electrons. The van der Waals surface area contributed by atoms with E-state index in [1.165, 1.54) is 19.3 Å². The lowest BCUT2D eigenvalue weighted by molar-refractivity contribution is -0.308. The molecular formula is C15H22NO3-. The van der Waals surface area contributed by atoms with E-state index in [0.717, 1.165) is 19.3 Å². The fraction of sp³-hybridized carbons (Fsp3) is 0.867. The third-order valence-corrected chi connectivity index (χ3v) is 5.52. The highest BCUT2D eigenvalue weighted by atomic mass is 16.4. The van der Waals surface area contributed by atoms with Gasteiger partial charge < -0.3 is 15.2 Å². The maximum absolute atomic E-state index is 12.6. The first kappa shape index (κ1) is 12.9. The monoisotopic (exact) mass is 264 g/mol. The van der Waals surface area contributed by atoms with E-state index < -0.39 is 12.0 Å². The molecule has 0 radical (unpaired) electrons. The second-order valence-corrected chi connectivity index (χ2v) is 6.95. The van der Waals surface area contributed by atoms with Gasteiger partial charge >= 0.3 is 0 Å². The minimum atomic E-state index is -1.17. The average molecular weight is 264 g/mol. The fourth-order valence-electron chi connectivity index (χ4n) is 5.03. The second kappa shape index (κ2) is 4.50. The van der Waals surface area contributed by atoms with Crippen molar-refractivity contribution in [2.24, 2.45) is 23.2 Å². The zero-order valence-electron chi connectivity index (χ0n) is 11.5. The summed E-state index contributed by atoms with van der Waals surface area (Å²) in [6.45, 7) is 1.76. The predicted molar refractivity (Wildman–Crippen MR) is 67.8 cm³/mol. The molecule has 4 bridgehead atoms. The molecule has 0 aliphatic heterocycles. The van der Waals surface area contributed by atoms with Crippen LogP contribution in [0.1, 0.15) is 51.9 Å². The van der Waals surface area contributed by atoms with Crippen LogP contribution in [0.5, 0.6) is 0 Å². The van der Waals surface area contributed by atoms with Crippen molar-refractivity contribution >= 4 is 11.9 Å². The largest absolute Gasteiger partial charge is 0.548 e. The SMILES string of the molecule is CC[C@@H](NC(=O)C12CC3CC(CC(C3)C1)C2)C(=O)[O-]. The van der Waals surface area contributed by atoms with Gasteiger partial charge in [0.1, 0.15) is 0 Å². The van der Waals surface area contributed by atoms with Gasteiger partial charge in [-0.15, -0.1) is 0 Å². The van der Waals surface area contributed by atoms with Crippen molar-refractivity contribution in [3.05, 3.63) is 0 Å². The molecule has 1 atom stereocenters. The fourth-order valence-corrected chi connectivity index (χ4v) is 5.03. The number of carboxylic acids is 1. The minimum Gasteiger partial charge on any atom is -0.548 e. The van der Waals surface area contributed by atoms with Crippen LogP contribution < -0.4 is 10.4 Å². The summed E-state index contributed by atoms with van der Waals surface area (Å²) in [5.41, 5.74) is -0.266. The van der Waals surface area contributed by atoms with Crippen molar-refractivity contribution in [3.8, 4) is 0 Å². The summed E-state index contributed by atoms with van der Waals surface area (Å²) in [7, 11) is 0. The molecule has 1 N–H and O–H groups in total. The highest BCUT2D eigenvalue weighted by Crippen LogP contribution is 2.60. The van der Waals surface area contributed by atoms with Gasteiger partial charge in [-0.1, -0.05) is 6.92 Å². The van der Waals surface area contributed by atoms with E-state index in [2.05, 4.69) is 5.32 Å². The summed E-state index contributed by atoms with van der Waals surface area (Å²) in [6, 6.07) is -0.833. The van der Waals surface area contributed by atoms with Crippen LogP contribution in [0, 0.1) is 23.2 Å². The van der Waals surface area contributed by atoms with Gasteiger partial charge in [0, 0.05) is 5.41 Å². The highest BCUT2D eigenvalue weighted by molar-refractivity contribution is 5.87. The number of carbonyl (C=O) groups is 2. The lowest BCUT2D eigenvalue weighted by Gasteiger charge is -2.55. The average Bonchev–Trinajstić information content (AvgIpc) is 2.33. The topological polar surface area (TPSA) is 69.2 Å². The smallest absolute Gasteiger partial charge is 0.226 e. The highest BCUT2D eigenvalue weighted by Gasteiger charge is 2.54. The summed E-state index contributed by atoms with van der Waals surface area (Å²) in [5.74, 6) is 0.892. The van der Waals surface area contributed by atoms with Crippen molar-refractivity contribution in [1.82, 2.24) is 5.32 Å². The molecule has 4 heteroatoms. The van der Waals surface area contributed by atoms with E-state index in [-0.39, 0.29) is 11.3 Å². The maximum Gasteiger partial charge on any atom is 0.226 e. The molecule has 4 aliphatic carbocycles. The first-order chi connectivity index (χ1) is 9.02. The summed E-state index contributed by atoms with van der Waals surface area (Å²) in [5, 5.41) is 13.7. The first-order valence-corrected chi connectivity index (χ1v) is 7.54. The molecule has 4 aliphatic rings. The third kappa shape index (κ3) is 2.15. The van der Waals surface area contributed by atoms with E-state index in [1.807, 2.05) is 0 Å². The van der Waals surface area contributed by atoms with Crippen LogP contribution in [0.25, 0.3) is 0 Å². The Hall–Kier alpha value is -1.06. The van der Waals surface area contributed by atoms with Crippen LogP contribution in [-0.2, 0) is 9.59 Å². The molecule has 4 fully saturated rings. The zero-order valence-corrected chi connectivity index (χ0v) is 11.5. The summed E-state index contributed by atoms with van der Waals surface area (Å²) >= 11 is 0. The van der Waals surface area contributed by atoms with Crippen LogP contribution >= 0.6 is 0 Å². The van der Waals surface area contributed by atoms with E-state index in [0.29, 0.717) is 24.2 Å². The van der Waals surface area contributed by atoms with Gasteiger partial charge in [-0.2, -0.15) is 0 Å². The number of amides is 1. The minimum absolute atomic E-state index is 0.0253. The van der Waals surface area contributed by atoms with Gasteiger partial charge in [-0.25, -0.2) is 0 Å². The molecule has 0 aromatic rings. The molecule has 0 heterocycles. The molecular weight excluding hydrogens is 242 g/mol. The quantitative estimate of drug-likeness (QED) is 0.818. The standard InChI is InChI=1S/C15H23NO3/c1-2-12(13(17)18)16-14(19)15-6-9-3-10(7-15)5-11(4-9)8-15/h9-12H,2-8H2,1H3,(H,16,19)(H,17,18)/p-1/t9?,10?,11?,12-,15?/m1/s1. The lowest BCUT2D eigenvalue weighted by atomic mass is 9.49. The molecule has 0 aromatic carbocycles. The number of carboxylic acid groups (broad SMARTS) is 1. The molecule has 0 unspecified atom stereocenters. The van der Waals surface area contributed by atoms with Crippen LogP contribution in [0.15, 0.2) is 0 Å². The lowest BCUT2D eigenvalue weighted by Crippen LogP contribution is -2.57. The van der Waals surface area contributed by atoms with Crippen LogP contribution in [0.3, 0.4) is 0 Å². The van der Waals surface area contributed by atoms with Crippen molar-refractivity contribution < 1.29 is 14.7 Å². The van der Waals surface area contributed by atoms with Gasteiger partial charge in [0.2, 0.25) is 5.91 Å². The van der Waals surface area contributed by atoms with Crippen molar-refractivity contribution in [2.75, 3.05) is 0 Å².